The minimum atomic E-state index is -1.45. The molecule has 0 spiro atoms. The molecule has 1 unspecified atom stereocenters. The van der Waals surface area contributed by atoms with Crippen LogP contribution in [0.5, 0.6) is 0 Å². The first-order valence-electron chi connectivity index (χ1n) is 13.6. The van der Waals surface area contributed by atoms with E-state index >= 15 is 0 Å². The van der Waals surface area contributed by atoms with E-state index in [1.165, 1.54) is 13.8 Å². The van der Waals surface area contributed by atoms with Gasteiger partial charge in [-0.2, -0.15) is 0 Å². The third-order valence-corrected chi connectivity index (χ3v) is 9.48. The smallest absolute Gasteiger partial charge is 0.338 e. The number of ether oxygens (including phenoxy) is 3. The lowest BCUT2D eigenvalue weighted by Crippen LogP contribution is -2.60. The van der Waals surface area contributed by atoms with E-state index in [-0.39, 0.29) is 24.8 Å². The van der Waals surface area contributed by atoms with Crippen LogP contribution >= 0.6 is 0 Å². The maximum atomic E-state index is 13.6. The first kappa shape index (κ1) is 30.0. The summed E-state index contributed by atoms with van der Waals surface area (Å²) >= 11 is 0. The lowest BCUT2D eigenvalue weighted by Gasteiger charge is -2.53. The predicted octanol–water partition coefficient (Wildman–Crippen LogP) is 3.26. The molecule has 9 nitrogen and oxygen atoms in total. The highest BCUT2D eigenvalue weighted by atomic mass is 16.6. The molecule has 3 aliphatic carbocycles. The van der Waals surface area contributed by atoms with Gasteiger partial charge in [-0.15, -0.1) is 0 Å². The summed E-state index contributed by atoms with van der Waals surface area (Å²) < 4.78 is 18.0. The van der Waals surface area contributed by atoms with Crippen molar-refractivity contribution in [2.45, 2.75) is 96.9 Å². The summed E-state index contributed by atoms with van der Waals surface area (Å²) in [5.74, 6) is -2.59. The number of fused-ring (bicyclic) bond motifs is 2. The van der Waals surface area contributed by atoms with Gasteiger partial charge in [0.05, 0.1) is 28.8 Å². The van der Waals surface area contributed by atoms with Crippen LogP contribution in [0.15, 0.2) is 53.6 Å². The first-order valence-corrected chi connectivity index (χ1v) is 13.6. The largest absolute Gasteiger partial charge is 0.462 e. The van der Waals surface area contributed by atoms with Crippen molar-refractivity contribution in [1.82, 2.24) is 0 Å². The molecule has 0 heterocycles. The standard InChI is InChI=1S/C31H40O9/c1-16-21-14-31(29(5,6)37)15-23(35)17(2)25(31)26(40-28(36)20-11-9-8-10-12-20)27(39-19(4)33)30(21,7)24(13-22(16)34)38-18(3)32/h8-12,21-24,26-27,34-35,37H,1,13-15H2,2-7H3/t21?,22-,23-,24-,26+,27-,30-,31-/m0/s1. The molecule has 1 aromatic carbocycles. The van der Waals surface area contributed by atoms with E-state index in [4.69, 9.17) is 14.2 Å². The zero-order valence-electron chi connectivity index (χ0n) is 24.0. The Morgan fingerprint density at radius 2 is 1.57 bits per heavy atom. The van der Waals surface area contributed by atoms with Crippen LogP contribution in [0, 0.1) is 16.7 Å². The molecule has 3 aliphatic rings. The highest BCUT2D eigenvalue weighted by Crippen LogP contribution is 2.65. The molecule has 2 fully saturated rings. The summed E-state index contributed by atoms with van der Waals surface area (Å²) in [5.41, 5.74) is -2.19. The van der Waals surface area contributed by atoms with E-state index in [1.54, 1.807) is 58.0 Å². The predicted molar refractivity (Wildman–Crippen MR) is 145 cm³/mol. The Morgan fingerprint density at radius 3 is 2.12 bits per heavy atom. The highest BCUT2D eigenvalue weighted by molar-refractivity contribution is 5.89. The second-order valence-electron chi connectivity index (χ2n) is 12.2. The van der Waals surface area contributed by atoms with Gasteiger partial charge >= 0.3 is 17.9 Å². The van der Waals surface area contributed by atoms with Gasteiger partial charge in [-0.25, -0.2) is 4.79 Å². The summed E-state index contributed by atoms with van der Waals surface area (Å²) in [7, 11) is 0. The number of carbonyl (C=O) groups is 3. The number of aliphatic hydroxyl groups is 3. The fraction of sp³-hybridized carbons (Fsp3) is 0.581. The molecule has 40 heavy (non-hydrogen) atoms. The average Bonchev–Trinajstić information content (AvgIpc) is 3.07. The lowest BCUT2D eigenvalue weighted by molar-refractivity contribution is -0.195. The van der Waals surface area contributed by atoms with Crippen molar-refractivity contribution in [3.63, 3.8) is 0 Å². The average molecular weight is 557 g/mol. The van der Waals surface area contributed by atoms with Crippen LogP contribution in [0.4, 0.5) is 0 Å². The van der Waals surface area contributed by atoms with Crippen LogP contribution in [0.3, 0.4) is 0 Å². The van der Waals surface area contributed by atoms with Gasteiger partial charge < -0.3 is 29.5 Å². The highest BCUT2D eigenvalue weighted by Gasteiger charge is 2.68. The molecule has 0 aromatic heterocycles. The number of benzene rings is 1. The van der Waals surface area contributed by atoms with Crippen molar-refractivity contribution < 1.29 is 43.9 Å². The monoisotopic (exact) mass is 556 g/mol. The SMILES string of the molecule is C=C1C2C[C@]3(C(C)(C)O)C[C@H](O)C(C)=C3[C@@H](OC(=O)c3ccccc3)[C@H](OC(C)=O)[C@]2(C)[C@@H](OC(C)=O)C[C@@H]1O. The van der Waals surface area contributed by atoms with Crippen molar-refractivity contribution in [3.05, 3.63) is 59.2 Å². The van der Waals surface area contributed by atoms with Gasteiger partial charge in [-0.1, -0.05) is 31.7 Å². The third-order valence-electron chi connectivity index (χ3n) is 9.48. The first-order chi connectivity index (χ1) is 18.5. The summed E-state index contributed by atoms with van der Waals surface area (Å²) in [4.78, 5) is 38.5. The van der Waals surface area contributed by atoms with E-state index < -0.39 is 70.8 Å². The van der Waals surface area contributed by atoms with Crippen LogP contribution in [-0.4, -0.2) is 69.3 Å². The molecule has 1 aromatic rings. The molecule has 8 atom stereocenters. The zero-order valence-corrected chi connectivity index (χ0v) is 24.0. The van der Waals surface area contributed by atoms with E-state index in [0.29, 0.717) is 16.7 Å². The maximum Gasteiger partial charge on any atom is 0.338 e. The van der Waals surface area contributed by atoms with Gasteiger partial charge in [-0.05, 0) is 68.4 Å². The molecule has 4 rings (SSSR count). The summed E-state index contributed by atoms with van der Waals surface area (Å²) in [6.45, 7) is 13.4. The van der Waals surface area contributed by atoms with Gasteiger partial charge in [0.15, 0.2) is 12.2 Å². The number of hydrogen-bond acceptors (Lipinski definition) is 9. The van der Waals surface area contributed by atoms with E-state index in [0.717, 1.165) is 0 Å². The molecule has 218 valence electrons. The van der Waals surface area contributed by atoms with Gasteiger partial charge in [0.2, 0.25) is 0 Å². The number of aliphatic hydroxyl groups excluding tert-OH is 2. The van der Waals surface area contributed by atoms with Crippen LogP contribution in [0.1, 0.15) is 71.2 Å². The summed E-state index contributed by atoms with van der Waals surface area (Å²) in [6.07, 6.45) is -5.14. The molecular weight excluding hydrogens is 516 g/mol. The van der Waals surface area contributed by atoms with Crippen LogP contribution < -0.4 is 0 Å². The maximum absolute atomic E-state index is 13.6. The minimum absolute atomic E-state index is 0.00129. The fourth-order valence-corrected chi connectivity index (χ4v) is 7.31. The molecule has 0 radical (unpaired) electrons. The molecule has 9 heteroatoms. The molecule has 0 amide bonds. The van der Waals surface area contributed by atoms with Crippen LogP contribution in [0.25, 0.3) is 0 Å². The second-order valence-corrected chi connectivity index (χ2v) is 12.2. The van der Waals surface area contributed by atoms with Crippen molar-refractivity contribution >= 4 is 17.9 Å². The topological polar surface area (TPSA) is 140 Å². The van der Waals surface area contributed by atoms with Crippen molar-refractivity contribution in [3.8, 4) is 0 Å². The van der Waals surface area contributed by atoms with Crippen molar-refractivity contribution in [2.75, 3.05) is 0 Å². The molecule has 3 N–H and O–H groups in total. The number of hydrogen-bond donors (Lipinski definition) is 3. The van der Waals surface area contributed by atoms with Gasteiger partial charge in [0.25, 0.3) is 0 Å². The Bertz CT molecular complexity index is 1230. The fourth-order valence-electron chi connectivity index (χ4n) is 7.31. The van der Waals surface area contributed by atoms with E-state index in [2.05, 4.69) is 6.58 Å². The molecule has 0 saturated heterocycles. The molecule has 0 bridgehead atoms. The zero-order chi connectivity index (χ0) is 29.8. The number of esters is 3. The van der Waals surface area contributed by atoms with Crippen molar-refractivity contribution in [2.24, 2.45) is 16.7 Å². The second kappa shape index (κ2) is 10.4. The third kappa shape index (κ3) is 4.78. The number of rotatable bonds is 5. The van der Waals surface area contributed by atoms with Crippen molar-refractivity contribution in [1.29, 1.82) is 0 Å². The van der Waals surface area contributed by atoms with E-state index in [1.807, 2.05) is 0 Å². The normalized spacial score (nSPS) is 35.8. The molecule has 2 saturated carbocycles. The Balaban J connectivity index is 2.04. The van der Waals surface area contributed by atoms with Crippen LogP contribution in [-0.2, 0) is 23.8 Å². The number of carbonyl (C=O) groups excluding carboxylic acids is 3. The molecule has 0 aliphatic heterocycles. The van der Waals surface area contributed by atoms with E-state index in [9.17, 15) is 29.7 Å². The van der Waals surface area contributed by atoms with Gasteiger partial charge in [-0.3, -0.25) is 9.59 Å². The quantitative estimate of drug-likeness (QED) is 0.283. The lowest BCUT2D eigenvalue weighted by atomic mass is 9.56. The van der Waals surface area contributed by atoms with Crippen LogP contribution in [0.2, 0.25) is 0 Å². The Hall–Kier alpha value is -3.01. The van der Waals surface area contributed by atoms with Gasteiger partial charge in [0.1, 0.15) is 6.10 Å². The molecular formula is C31H40O9. The summed E-state index contributed by atoms with van der Waals surface area (Å²) in [5, 5.41) is 34.0. The Labute approximate surface area is 234 Å². The Kier molecular flexibility index (Phi) is 7.81. The minimum Gasteiger partial charge on any atom is -0.462 e. The summed E-state index contributed by atoms with van der Waals surface area (Å²) in [6, 6.07) is 8.34. The van der Waals surface area contributed by atoms with Gasteiger partial charge in [0, 0.05) is 25.7 Å². The Morgan fingerprint density at radius 1 is 0.975 bits per heavy atom.